The van der Waals surface area contributed by atoms with E-state index in [4.69, 9.17) is 10.7 Å². The van der Waals surface area contributed by atoms with Gasteiger partial charge >= 0.3 is 0 Å². The molecule has 2 bridgehead atoms. The third-order valence-electron chi connectivity index (χ3n) is 6.29. The first kappa shape index (κ1) is 13.1. The van der Waals surface area contributed by atoms with Crippen LogP contribution in [0.1, 0.15) is 56.5 Å². The molecule has 3 nitrogen and oxygen atoms in total. The highest BCUT2D eigenvalue weighted by Gasteiger charge is 2.61. The van der Waals surface area contributed by atoms with Crippen LogP contribution in [0.15, 0.2) is 24.3 Å². The highest BCUT2D eigenvalue weighted by Crippen LogP contribution is 2.67. The van der Waals surface area contributed by atoms with Crippen LogP contribution in [-0.2, 0) is 12.0 Å². The first-order valence-electron chi connectivity index (χ1n) is 7.87. The maximum Gasteiger partial charge on any atom is 0.137 e. The Morgan fingerprint density at radius 2 is 1.95 bits per heavy atom. The Morgan fingerprint density at radius 1 is 1.24 bits per heavy atom. The molecular weight excluding hydrogens is 258 g/mol. The second-order valence-corrected chi connectivity index (χ2v) is 7.39. The molecule has 2 aliphatic carbocycles. The van der Waals surface area contributed by atoms with Gasteiger partial charge in [0.25, 0.3) is 0 Å². The molecule has 0 radical (unpaired) electrons. The summed E-state index contributed by atoms with van der Waals surface area (Å²) in [6, 6.07) is 8.41. The van der Waals surface area contributed by atoms with Gasteiger partial charge in [-0.3, -0.25) is 0 Å². The van der Waals surface area contributed by atoms with E-state index < -0.39 is 0 Å². The topological polar surface area (TPSA) is 54.7 Å². The van der Waals surface area contributed by atoms with Crippen molar-refractivity contribution in [3.8, 4) is 11.4 Å². The fourth-order valence-electron chi connectivity index (χ4n) is 4.42. The van der Waals surface area contributed by atoms with Crippen molar-refractivity contribution >= 4 is 0 Å². The van der Waals surface area contributed by atoms with Crippen molar-refractivity contribution in [2.75, 3.05) is 0 Å². The molecule has 1 fully saturated rings. The summed E-state index contributed by atoms with van der Waals surface area (Å²) in [7, 11) is 0. The zero-order valence-corrected chi connectivity index (χ0v) is 13.0. The van der Waals surface area contributed by atoms with Crippen LogP contribution in [0.5, 0.6) is 0 Å². The number of H-pyrrole nitrogens is 1. The SMILES string of the molecule is CC12CCC(c3[nH]c(-c4ccc(CN)cc4)nc31)C2(C)C. The largest absolute Gasteiger partial charge is 0.341 e. The van der Waals surface area contributed by atoms with Crippen molar-refractivity contribution in [1.82, 2.24) is 9.97 Å². The number of nitrogens with zero attached hydrogens (tertiary/aromatic N) is 1. The van der Waals surface area contributed by atoms with Gasteiger partial charge in [-0.05, 0) is 23.8 Å². The quantitative estimate of drug-likeness (QED) is 0.881. The molecule has 110 valence electrons. The monoisotopic (exact) mass is 281 g/mol. The van der Waals surface area contributed by atoms with Gasteiger partial charge in [-0.15, -0.1) is 0 Å². The summed E-state index contributed by atoms with van der Waals surface area (Å²) in [5.41, 5.74) is 11.2. The van der Waals surface area contributed by atoms with E-state index in [1.54, 1.807) is 0 Å². The zero-order valence-electron chi connectivity index (χ0n) is 13.0. The summed E-state index contributed by atoms with van der Waals surface area (Å²) >= 11 is 0. The molecular formula is C18H23N3. The van der Waals surface area contributed by atoms with E-state index in [0.717, 1.165) is 17.0 Å². The molecule has 21 heavy (non-hydrogen) atoms. The fourth-order valence-corrected chi connectivity index (χ4v) is 4.42. The molecule has 1 aromatic carbocycles. The van der Waals surface area contributed by atoms with E-state index in [1.165, 1.54) is 24.2 Å². The van der Waals surface area contributed by atoms with Gasteiger partial charge in [0, 0.05) is 29.1 Å². The van der Waals surface area contributed by atoms with Crippen LogP contribution in [-0.4, -0.2) is 9.97 Å². The number of fused-ring (bicyclic) bond motifs is 5. The minimum Gasteiger partial charge on any atom is -0.341 e. The van der Waals surface area contributed by atoms with Crippen LogP contribution in [0.3, 0.4) is 0 Å². The van der Waals surface area contributed by atoms with E-state index in [-0.39, 0.29) is 5.41 Å². The van der Waals surface area contributed by atoms with Gasteiger partial charge in [-0.2, -0.15) is 0 Å². The lowest BCUT2D eigenvalue weighted by Gasteiger charge is -2.34. The third kappa shape index (κ3) is 1.50. The first-order chi connectivity index (χ1) is 9.97. The Kier molecular flexibility index (Phi) is 2.48. The van der Waals surface area contributed by atoms with Gasteiger partial charge in [-0.1, -0.05) is 45.0 Å². The minimum atomic E-state index is 0.221. The van der Waals surface area contributed by atoms with Crippen molar-refractivity contribution in [2.45, 2.75) is 51.5 Å². The normalized spacial score (nSPS) is 28.9. The van der Waals surface area contributed by atoms with Gasteiger partial charge in [-0.25, -0.2) is 4.98 Å². The Balaban J connectivity index is 1.78. The van der Waals surface area contributed by atoms with Crippen LogP contribution in [0.4, 0.5) is 0 Å². The lowest BCUT2D eigenvalue weighted by molar-refractivity contribution is 0.226. The Labute approximate surface area is 126 Å². The highest BCUT2D eigenvalue weighted by atomic mass is 15.0. The lowest BCUT2D eigenvalue weighted by atomic mass is 9.70. The molecule has 2 aliphatic rings. The summed E-state index contributed by atoms with van der Waals surface area (Å²) in [5.74, 6) is 1.64. The summed E-state index contributed by atoms with van der Waals surface area (Å²) in [5, 5.41) is 0. The van der Waals surface area contributed by atoms with Crippen LogP contribution < -0.4 is 5.73 Å². The smallest absolute Gasteiger partial charge is 0.137 e. The molecule has 1 saturated carbocycles. The summed E-state index contributed by atoms with van der Waals surface area (Å²) < 4.78 is 0. The van der Waals surface area contributed by atoms with Gasteiger partial charge in [0.05, 0.1) is 5.69 Å². The number of nitrogens with two attached hydrogens (primary N) is 1. The number of benzene rings is 1. The van der Waals surface area contributed by atoms with Crippen LogP contribution >= 0.6 is 0 Å². The van der Waals surface area contributed by atoms with Crippen molar-refractivity contribution in [2.24, 2.45) is 11.1 Å². The van der Waals surface area contributed by atoms with Crippen molar-refractivity contribution in [1.29, 1.82) is 0 Å². The maximum absolute atomic E-state index is 5.67. The highest BCUT2D eigenvalue weighted by molar-refractivity contribution is 5.59. The molecule has 4 rings (SSSR count). The molecule has 1 heterocycles. The molecule has 3 heteroatoms. The number of hydrogen-bond acceptors (Lipinski definition) is 2. The number of aromatic nitrogens is 2. The number of imidazole rings is 1. The summed E-state index contributed by atoms with van der Waals surface area (Å²) in [4.78, 5) is 8.60. The maximum atomic E-state index is 5.67. The van der Waals surface area contributed by atoms with E-state index >= 15 is 0 Å². The molecule has 2 atom stereocenters. The first-order valence-corrected chi connectivity index (χ1v) is 7.87. The van der Waals surface area contributed by atoms with Gasteiger partial charge in [0.15, 0.2) is 0 Å². The van der Waals surface area contributed by atoms with Gasteiger partial charge in [0.2, 0.25) is 0 Å². The number of hydrogen-bond donors (Lipinski definition) is 2. The molecule has 0 aliphatic heterocycles. The predicted octanol–water partition coefficient (Wildman–Crippen LogP) is 3.71. The fraction of sp³-hybridized carbons (Fsp3) is 0.500. The Hall–Kier alpha value is -1.61. The van der Waals surface area contributed by atoms with E-state index in [0.29, 0.717) is 17.9 Å². The van der Waals surface area contributed by atoms with Crippen LogP contribution in [0.25, 0.3) is 11.4 Å². The van der Waals surface area contributed by atoms with Gasteiger partial charge < -0.3 is 10.7 Å². The summed E-state index contributed by atoms with van der Waals surface area (Å²) in [6.07, 6.45) is 2.54. The molecule has 1 aromatic heterocycles. The molecule has 0 spiro atoms. The lowest BCUT2D eigenvalue weighted by Crippen LogP contribution is -2.31. The van der Waals surface area contributed by atoms with Crippen LogP contribution in [0.2, 0.25) is 0 Å². The number of aromatic amines is 1. The van der Waals surface area contributed by atoms with E-state index in [2.05, 4.69) is 50.0 Å². The number of rotatable bonds is 2. The van der Waals surface area contributed by atoms with Crippen molar-refractivity contribution in [3.63, 3.8) is 0 Å². The minimum absolute atomic E-state index is 0.221. The number of nitrogens with one attached hydrogen (secondary N) is 1. The predicted molar refractivity (Wildman–Crippen MR) is 85.0 cm³/mol. The second-order valence-electron chi connectivity index (χ2n) is 7.39. The standard InChI is InChI=1S/C18H23N3/c1-17(2)13-8-9-18(17,3)15-14(13)20-16(21-15)12-6-4-11(10-19)5-7-12/h4-7,13H,8-10,19H2,1-3H3,(H,20,21). The zero-order chi connectivity index (χ0) is 14.8. The molecule has 0 amide bonds. The van der Waals surface area contributed by atoms with Crippen molar-refractivity contribution < 1.29 is 0 Å². The Bertz CT molecular complexity index is 696. The summed E-state index contributed by atoms with van der Waals surface area (Å²) in [6.45, 7) is 7.77. The molecule has 2 aromatic rings. The third-order valence-corrected chi connectivity index (χ3v) is 6.29. The second kappa shape index (κ2) is 3.98. The van der Waals surface area contributed by atoms with Crippen molar-refractivity contribution in [3.05, 3.63) is 41.2 Å². The van der Waals surface area contributed by atoms with Crippen LogP contribution in [0, 0.1) is 5.41 Å². The molecule has 2 unspecified atom stereocenters. The Morgan fingerprint density at radius 3 is 2.57 bits per heavy atom. The molecule has 3 N–H and O–H groups in total. The van der Waals surface area contributed by atoms with E-state index in [1.807, 2.05) is 0 Å². The average Bonchev–Trinajstić information content (AvgIpc) is 3.05. The average molecular weight is 281 g/mol. The van der Waals surface area contributed by atoms with E-state index in [9.17, 15) is 0 Å². The van der Waals surface area contributed by atoms with Gasteiger partial charge in [0.1, 0.15) is 5.82 Å². The molecule has 0 saturated heterocycles.